The van der Waals surface area contributed by atoms with Gasteiger partial charge in [0.2, 0.25) is 0 Å². The molecule has 0 radical (unpaired) electrons. The number of carboxylic acids is 1. The molecule has 21 heavy (non-hydrogen) atoms. The number of anilines is 1. The highest BCUT2D eigenvalue weighted by atomic mass is 79.9. The van der Waals surface area contributed by atoms with Crippen molar-refractivity contribution >= 4 is 33.6 Å². The molecule has 7 heteroatoms. The van der Waals surface area contributed by atoms with Crippen molar-refractivity contribution in [3.63, 3.8) is 0 Å². The van der Waals surface area contributed by atoms with Gasteiger partial charge in [-0.1, -0.05) is 36.7 Å². The van der Waals surface area contributed by atoms with E-state index in [0.29, 0.717) is 10.2 Å². The number of benzene rings is 1. The van der Waals surface area contributed by atoms with Crippen LogP contribution in [0.5, 0.6) is 0 Å². The second kappa shape index (κ2) is 6.59. The van der Waals surface area contributed by atoms with Gasteiger partial charge in [-0.15, -0.1) is 0 Å². The third-order valence-electron chi connectivity index (χ3n) is 2.74. The number of hydrogen-bond donors (Lipinski definition) is 3. The van der Waals surface area contributed by atoms with Gasteiger partial charge in [-0.3, -0.25) is 0 Å². The van der Waals surface area contributed by atoms with Crippen LogP contribution in [0.25, 0.3) is 0 Å². The smallest absolute Gasteiger partial charge is 0.326 e. The predicted octanol–water partition coefficient (Wildman–Crippen LogP) is 2.94. The number of carbonyl (C=O) groups excluding carboxylic acids is 1. The Kier molecular flexibility index (Phi) is 5.33. The van der Waals surface area contributed by atoms with Crippen LogP contribution in [-0.4, -0.2) is 23.1 Å². The van der Waals surface area contributed by atoms with Crippen LogP contribution in [0.2, 0.25) is 0 Å². The molecule has 1 atom stereocenters. The number of nitrogens with zero attached hydrogens (tertiary/aromatic N) is 1. The number of carbonyl (C=O) groups is 2. The molecular weight excluding hydrogens is 338 g/mol. The molecular formula is C14H16BrN3O3. The summed E-state index contributed by atoms with van der Waals surface area (Å²) in [5, 5.41) is 23.1. The van der Waals surface area contributed by atoms with Crippen molar-refractivity contribution in [3.8, 4) is 6.07 Å². The Morgan fingerprint density at radius 2 is 2.00 bits per heavy atom. The van der Waals surface area contributed by atoms with Crippen LogP contribution in [0, 0.1) is 16.7 Å². The van der Waals surface area contributed by atoms with E-state index in [1.54, 1.807) is 39.0 Å². The molecule has 6 nitrogen and oxygen atoms in total. The summed E-state index contributed by atoms with van der Waals surface area (Å²) >= 11 is 3.23. The van der Waals surface area contributed by atoms with Gasteiger partial charge in [0.1, 0.15) is 12.1 Å². The van der Waals surface area contributed by atoms with Crippen molar-refractivity contribution in [1.82, 2.24) is 5.32 Å². The normalized spacial score (nSPS) is 12.1. The van der Waals surface area contributed by atoms with Gasteiger partial charge in [-0.2, -0.15) is 5.26 Å². The standard InChI is InChI=1S/C14H16BrN3O3/c1-14(2,3)11(12(19)20)18-13(21)17-10-5-4-9(15)6-8(10)7-16/h4-6,11H,1-3H3,(H,19,20)(H2,17,18,21). The molecule has 0 aromatic heterocycles. The maximum atomic E-state index is 11.9. The van der Waals surface area contributed by atoms with Crippen LogP contribution in [0.4, 0.5) is 10.5 Å². The van der Waals surface area contributed by atoms with E-state index >= 15 is 0 Å². The van der Waals surface area contributed by atoms with Gasteiger partial charge in [-0.25, -0.2) is 9.59 Å². The van der Waals surface area contributed by atoms with Crippen LogP contribution in [-0.2, 0) is 4.79 Å². The van der Waals surface area contributed by atoms with Crippen LogP contribution in [0.3, 0.4) is 0 Å². The fraction of sp³-hybridized carbons (Fsp3) is 0.357. The third kappa shape index (κ3) is 4.76. The zero-order valence-electron chi connectivity index (χ0n) is 11.9. The van der Waals surface area contributed by atoms with Crippen molar-refractivity contribution in [3.05, 3.63) is 28.2 Å². The lowest BCUT2D eigenvalue weighted by Crippen LogP contribution is -2.50. The fourth-order valence-electron chi connectivity index (χ4n) is 1.66. The molecule has 0 aliphatic rings. The largest absolute Gasteiger partial charge is 0.480 e. The Bertz CT molecular complexity index is 602. The molecule has 0 saturated carbocycles. The lowest BCUT2D eigenvalue weighted by molar-refractivity contribution is -0.141. The Balaban J connectivity index is 2.87. The molecule has 1 unspecified atom stereocenters. The average Bonchev–Trinajstić information content (AvgIpc) is 2.36. The van der Waals surface area contributed by atoms with E-state index in [1.807, 2.05) is 6.07 Å². The minimum atomic E-state index is -1.12. The van der Waals surface area contributed by atoms with E-state index in [2.05, 4.69) is 26.6 Å². The van der Waals surface area contributed by atoms with E-state index in [9.17, 15) is 9.59 Å². The summed E-state index contributed by atoms with van der Waals surface area (Å²) in [6, 6.07) is 5.05. The summed E-state index contributed by atoms with van der Waals surface area (Å²) in [6.07, 6.45) is 0. The molecule has 0 saturated heterocycles. The first kappa shape index (κ1) is 17.0. The molecule has 0 aliphatic heterocycles. The van der Waals surface area contributed by atoms with Gasteiger partial charge in [0, 0.05) is 4.47 Å². The van der Waals surface area contributed by atoms with Crippen LogP contribution >= 0.6 is 15.9 Å². The zero-order chi connectivity index (χ0) is 16.2. The molecule has 112 valence electrons. The number of hydrogen-bond acceptors (Lipinski definition) is 3. The number of urea groups is 1. The molecule has 3 N–H and O–H groups in total. The van der Waals surface area contributed by atoms with Crippen molar-refractivity contribution in [1.29, 1.82) is 5.26 Å². The van der Waals surface area contributed by atoms with Crippen LogP contribution in [0.1, 0.15) is 26.3 Å². The molecule has 0 aliphatic carbocycles. The molecule has 1 aromatic rings. The molecule has 1 rings (SSSR count). The lowest BCUT2D eigenvalue weighted by atomic mass is 9.87. The van der Waals surface area contributed by atoms with Gasteiger partial charge in [0.25, 0.3) is 0 Å². The van der Waals surface area contributed by atoms with E-state index in [-0.39, 0.29) is 5.56 Å². The number of carboxylic acid groups (broad SMARTS) is 1. The SMILES string of the molecule is CC(C)(C)C(NC(=O)Nc1ccc(Br)cc1C#N)C(=O)O. The quantitative estimate of drug-likeness (QED) is 0.777. The van der Waals surface area contributed by atoms with E-state index in [1.165, 1.54) is 0 Å². The topological polar surface area (TPSA) is 102 Å². The van der Waals surface area contributed by atoms with Gasteiger partial charge in [0.15, 0.2) is 0 Å². The van der Waals surface area contributed by atoms with Crippen molar-refractivity contribution in [2.24, 2.45) is 5.41 Å². The number of rotatable bonds is 3. The summed E-state index contributed by atoms with van der Waals surface area (Å²) in [7, 11) is 0. The Morgan fingerprint density at radius 1 is 1.38 bits per heavy atom. The maximum absolute atomic E-state index is 11.9. The second-order valence-corrected chi connectivity index (χ2v) is 6.45. The zero-order valence-corrected chi connectivity index (χ0v) is 13.5. The minimum Gasteiger partial charge on any atom is -0.480 e. The fourth-order valence-corrected chi connectivity index (χ4v) is 2.02. The highest BCUT2D eigenvalue weighted by Gasteiger charge is 2.32. The van der Waals surface area contributed by atoms with Crippen molar-refractivity contribution in [2.75, 3.05) is 5.32 Å². The summed E-state index contributed by atoms with van der Waals surface area (Å²) < 4.78 is 0.711. The number of nitriles is 1. The second-order valence-electron chi connectivity index (χ2n) is 5.54. The Hall–Kier alpha value is -2.07. The minimum absolute atomic E-state index is 0.280. The summed E-state index contributed by atoms with van der Waals surface area (Å²) in [4.78, 5) is 23.1. The Labute approximate surface area is 131 Å². The summed E-state index contributed by atoms with van der Waals surface area (Å²) in [5.41, 5.74) is -0.0422. The first-order valence-corrected chi connectivity index (χ1v) is 6.94. The maximum Gasteiger partial charge on any atom is 0.326 e. The average molecular weight is 354 g/mol. The van der Waals surface area contributed by atoms with Gasteiger partial charge in [-0.05, 0) is 23.6 Å². The molecule has 1 aromatic carbocycles. The molecule has 0 fully saturated rings. The van der Waals surface area contributed by atoms with E-state index < -0.39 is 23.5 Å². The predicted molar refractivity (Wildman–Crippen MR) is 81.9 cm³/mol. The molecule has 0 spiro atoms. The molecule has 0 heterocycles. The number of halogens is 1. The Morgan fingerprint density at radius 3 is 2.48 bits per heavy atom. The lowest BCUT2D eigenvalue weighted by Gasteiger charge is -2.27. The molecule has 2 amide bonds. The number of amides is 2. The molecule has 0 bridgehead atoms. The summed E-state index contributed by atoms with van der Waals surface area (Å²) in [5.74, 6) is -1.12. The first-order chi connectivity index (χ1) is 9.65. The van der Waals surface area contributed by atoms with E-state index in [4.69, 9.17) is 10.4 Å². The summed E-state index contributed by atoms with van der Waals surface area (Å²) in [6.45, 7) is 5.14. The van der Waals surface area contributed by atoms with Gasteiger partial charge >= 0.3 is 12.0 Å². The third-order valence-corrected chi connectivity index (χ3v) is 3.23. The van der Waals surface area contributed by atoms with Crippen molar-refractivity contribution < 1.29 is 14.7 Å². The van der Waals surface area contributed by atoms with Crippen LogP contribution in [0.15, 0.2) is 22.7 Å². The van der Waals surface area contributed by atoms with Gasteiger partial charge < -0.3 is 15.7 Å². The highest BCUT2D eigenvalue weighted by molar-refractivity contribution is 9.10. The number of aliphatic carboxylic acids is 1. The van der Waals surface area contributed by atoms with Crippen molar-refractivity contribution in [2.45, 2.75) is 26.8 Å². The van der Waals surface area contributed by atoms with Crippen LogP contribution < -0.4 is 10.6 Å². The highest BCUT2D eigenvalue weighted by Crippen LogP contribution is 2.22. The van der Waals surface area contributed by atoms with E-state index in [0.717, 1.165) is 0 Å². The monoisotopic (exact) mass is 353 g/mol. The number of nitrogens with one attached hydrogen (secondary N) is 2. The first-order valence-electron chi connectivity index (χ1n) is 6.15. The van der Waals surface area contributed by atoms with Gasteiger partial charge in [0.05, 0.1) is 11.3 Å².